The third kappa shape index (κ3) is 4.66. The first-order chi connectivity index (χ1) is 13.8. The van der Waals surface area contributed by atoms with E-state index in [9.17, 15) is 0 Å². The SMILES string of the molecule is N#Cc1ccc(CN2CCCN(Cc3coc(-c4ccccc4)n3)CC2)cc1. The van der Waals surface area contributed by atoms with E-state index in [0.717, 1.165) is 56.9 Å². The average molecular weight is 372 g/mol. The largest absolute Gasteiger partial charge is 0.444 e. The fourth-order valence-electron chi connectivity index (χ4n) is 3.61. The van der Waals surface area contributed by atoms with E-state index in [0.29, 0.717) is 11.5 Å². The number of aromatic nitrogens is 1. The molecule has 0 N–H and O–H groups in total. The molecule has 0 radical (unpaired) electrons. The van der Waals surface area contributed by atoms with Gasteiger partial charge in [-0.05, 0) is 49.3 Å². The predicted molar refractivity (Wildman–Crippen MR) is 108 cm³/mol. The van der Waals surface area contributed by atoms with Gasteiger partial charge in [0.1, 0.15) is 6.26 Å². The molecule has 0 atom stereocenters. The number of hydrogen-bond acceptors (Lipinski definition) is 5. The Hall–Kier alpha value is -2.94. The zero-order chi connectivity index (χ0) is 19.2. The second-order valence-corrected chi connectivity index (χ2v) is 7.22. The van der Waals surface area contributed by atoms with Crippen molar-refractivity contribution in [3.05, 3.63) is 77.7 Å². The van der Waals surface area contributed by atoms with Gasteiger partial charge in [-0.2, -0.15) is 5.26 Å². The summed E-state index contributed by atoms with van der Waals surface area (Å²) in [5, 5.41) is 8.93. The van der Waals surface area contributed by atoms with Crippen LogP contribution in [0.5, 0.6) is 0 Å². The molecule has 1 aliphatic heterocycles. The Morgan fingerprint density at radius 3 is 2.32 bits per heavy atom. The molecule has 0 saturated carbocycles. The summed E-state index contributed by atoms with van der Waals surface area (Å²) in [6.07, 6.45) is 2.92. The summed E-state index contributed by atoms with van der Waals surface area (Å²) in [5.41, 5.74) is 3.97. The lowest BCUT2D eigenvalue weighted by Crippen LogP contribution is -2.30. The monoisotopic (exact) mass is 372 g/mol. The first-order valence-corrected chi connectivity index (χ1v) is 9.74. The van der Waals surface area contributed by atoms with Crippen molar-refractivity contribution in [1.29, 1.82) is 5.26 Å². The number of benzene rings is 2. The summed E-state index contributed by atoms with van der Waals surface area (Å²) in [5.74, 6) is 0.688. The Kier molecular flexibility index (Phi) is 5.81. The molecule has 5 heteroatoms. The highest BCUT2D eigenvalue weighted by Gasteiger charge is 2.17. The molecule has 0 unspecified atom stereocenters. The highest BCUT2D eigenvalue weighted by atomic mass is 16.3. The maximum Gasteiger partial charge on any atom is 0.226 e. The normalized spacial score (nSPS) is 15.8. The molecule has 0 bridgehead atoms. The molecule has 1 fully saturated rings. The third-order valence-electron chi connectivity index (χ3n) is 5.13. The average Bonchev–Trinajstić information content (AvgIpc) is 3.10. The summed E-state index contributed by atoms with van der Waals surface area (Å²) >= 11 is 0. The van der Waals surface area contributed by atoms with E-state index in [2.05, 4.69) is 33.0 Å². The molecule has 1 aromatic heterocycles. The second-order valence-electron chi connectivity index (χ2n) is 7.22. The highest BCUT2D eigenvalue weighted by molar-refractivity contribution is 5.52. The van der Waals surface area contributed by atoms with Gasteiger partial charge in [-0.25, -0.2) is 4.98 Å². The van der Waals surface area contributed by atoms with Crippen LogP contribution in [0.15, 0.2) is 65.3 Å². The number of oxazole rings is 1. The summed E-state index contributed by atoms with van der Waals surface area (Å²) in [6, 6.07) is 20.1. The topological polar surface area (TPSA) is 56.3 Å². The molecule has 28 heavy (non-hydrogen) atoms. The van der Waals surface area contributed by atoms with Crippen LogP contribution in [-0.2, 0) is 13.1 Å². The first kappa shape index (κ1) is 18.4. The zero-order valence-electron chi connectivity index (χ0n) is 15.9. The fourth-order valence-corrected chi connectivity index (χ4v) is 3.61. The van der Waals surface area contributed by atoms with Crippen molar-refractivity contribution in [1.82, 2.24) is 14.8 Å². The fraction of sp³-hybridized carbons (Fsp3) is 0.304. The van der Waals surface area contributed by atoms with Crippen molar-refractivity contribution >= 4 is 0 Å². The summed E-state index contributed by atoms with van der Waals surface area (Å²) in [6.45, 7) is 5.96. The molecule has 0 spiro atoms. The quantitative estimate of drug-likeness (QED) is 0.679. The van der Waals surface area contributed by atoms with Gasteiger partial charge >= 0.3 is 0 Å². The van der Waals surface area contributed by atoms with E-state index in [1.165, 1.54) is 5.56 Å². The first-order valence-electron chi connectivity index (χ1n) is 9.74. The number of rotatable bonds is 5. The van der Waals surface area contributed by atoms with Gasteiger partial charge < -0.3 is 4.42 Å². The molecular weight excluding hydrogens is 348 g/mol. The minimum Gasteiger partial charge on any atom is -0.444 e. The summed E-state index contributed by atoms with van der Waals surface area (Å²) < 4.78 is 5.67. The van der Waals surface area contributed by atoms with Gasteiger partial charge in [-0.3, -0.25) is 9.80 Å². The number of nitriles is 1. The van der Waals surface area contributed by atoms with Crippen molar-refractivity contribution in [2.24, 2.45) is 0 Å². The van der Waals surface area contributed by atoms with Crippen molar-refractivity contribution in [2.75, 3.05) is 26.2 Å². The Balaban J connectivity index is 1.32. The van der Waals surface area contributed by atoms with E-state index < -0.39 is 0 Å². The van der Waals surface area contributed by atoms with Crippen molar-refractivity contribution in [3.63, 3.8) is 0 Å². The molecule has 5 nitrogen and oxygen atoms in total. The summed E-state index contributed by atoms with van der Waals surface area (Å²) in [4.78, 5) is 9.60. The van der Waals surface area contributed by atoms with Crippen LogP contribution < -0.4 is 0 Å². The van der Waals surface area contributed by atoms with E-state index in [4.69, 9.17) is 9.68 Å². The van der Waals surface area contributed by atoms with E-state index in [1.807, 2.05) is 42.5 Å². The van der Waals surface area contributed by atoms with Gasteiger partial charge in [-0.1, -0.05) is 30.3 Å². The molecular formula is C23H24N4O. The molecule has 1 saturated heterocycles. The van der Waals surface area contributed by atoms with Gasteiger partial charge in [-0.15, -0.1) is 0 Å². The Labute approximate surface area is 165 Å². The van der Waals surface area contributed by atoms with Crippen LogP contribution in [0.4, 0.5) is 0 Å². The lowest BCUT2D eigenvalue weighted by Gasteiger charge is -2.21. The van der Waals surface area contributed by atoms with Crippen molar-refractivity contribution in [3.8, 4) is 17.5 Å². The Morgan fingerprint density at radius 1 is 0.893 bits per heavy atom. The molecule has 1 aliphatic rings. The van der Waals surface area contributed by atoms with Crippen LogP contribution in [0.25, 0.3) is 11.5 Å². The van der Waals surface area contributed by atoms with Gasteiger partial charge in [0.25, 0.3) is 0 Å². The van der Waals surface area contributed by atoms with Gasteiger partial charge in [0, 0.05) is 31.7 Å². The van der Waals surface area contributed by atoms with E-state index in [-0.39, 0.29) is 0 Å². The molecule has 2 heterocycles. The van der Waals surface area contributed by atoms with Crippen LogP contribution >= 0.6 is 0 Å². The lowest BCUT2D eigenvalue weighted by atomic mass is 10.1. The van der Waals surface area contributed by atoms with Crippen LogP contribution in [-0.4, -0.2) is 41.0 Å². The molecule has 142 valence electrons. The molecule has 0 amide bonds. The number of hydrogen-bond donors (Lipinski definition) is 0. The van der Waals surface area contributed by atoms with Crippen LogP contribution in [0.1, 0.15) is 23.2 Å². The zero-order valence-corrected chi connectivity index (χ0v) is 15.9. The van der Waals surface area contributed by atoms with E-state index in [1.54, 1.807) is 6.26 Å². The Morgan fingerprint density at radius 2 is 1.61 bits per heavy atom. The molecule has 2 aromatic carbocycles. The Bertz CT molecular complexity index is 927. The third-order valence-corrected chi connectivity index (χ3v) is 5.13. The maximum atomic E-state index is 8.93. The molecule has 3 aromatic rings. The predicted octanol–water partition coefficient (Wildman–Crippen LogP) is 3.92. The van der Waals surface area contributed by atoms with Crippen LogP contribution in [0.2, 0.25) is 0 Å². The van der Waals surface area contributed by atoms with Crippen LogP contribution in [0.3, 0.4) is 0 Å². The van der Waals surface area contributed by atoms with Gasteiger partial charge in [0.15, 0.2) is 0 Å². The lowest BCUT2D eigenvalue weighted by molar-refractivity contribution is 0.245. The highest BCUT2D eigenvalue weighted by Crippen LogP contribution is 2.19. The molecule has 4 rings (SSSR count). The minimum atomic E-state index is 0.688. The van der Waals surface area contributed by atoms with Crippen molar-refractivity contribution in [2.45, 2.75) is 19.5 Å². The second kappa shape index (κ2) is 8.83. The summed E-state index contributed by atoms with van der Waals surface area (Å²) in [7, 11) is 0. The van der Waals surface area contributed by atoms with Gasteiger partial charge in [0.05, 0.1) is 17.3 Å². The molecule has 0 aliphatic carbocycles. The van der Waals surface area contributed by atoms with Crippen molar-refractivity contribution < 1.29 is 4.42 Å². The van der Waals surface area contributed by atoms with E-state index >= 15 is 0 Å². The maximum absolute atomic E-state index is 8.93. The number of nitrogens with zero attached hydrogens (tertiary/aromatic N) is 4. The smallest absolute Gasteiger partial charge is 0.226 e. The van der Waals surface area contributed by atoms with Gasteiger partial charge in [0.2, 0.25) is 5.89 Å². The minimum absolute atomic E-state index is 0.688. The van der Waals surface area contributed by atoms with Crippen LogP contribution in [0, 0.1) is 11.3 Å². The standard InChI is InChI=1S/C23H24N4O/c24-15-19-7-9-20(10-8-19)16-26-11-4-12-27(14-13-26)17-22-18-28-23(25-22)21-5-2-1-3-6-21/h1-3,5-10,18H,4,11-14,16-17H2.